The fourth-order valence-corrected chi connectivity index (χ4v) is 2.03. The van der Waals surface area contributed by atoms with Crippen molar-refractivity contribution in [3.63, 3.8) is 0 Å². The molecule has 0 aliphatic heterocycles. The Hall–Kier alpha value is -1.76. The van der Waals surface area contributed by atoms with Crippen LogP contribution in [-0.4, -0.2) is 16.2 Å². The van der Waals surface area contributed by atoms with Gasteiger partial charge in [0, 0.05) is 4.47 Å². The van der Waals surface area contributed by atoms with Crippen LogP contribution in [0.4, 0.5) is 8.78 Å². The number of rotatable bonds is 2. The average Bonchev–Trinajstić information content (AvgIpc) is 2.66. The predicted octanol–water partition coefficient (Wildman–Crippen LogP) is 3.39. The quantitative estimate of drug-likeness (QED) is 0.862. The lowest BCUT2D eigenvalue weighted by Crippen LogP contribution is -2.01. The van der Waals surface area contributed by atoms with Gasteiger partial charge >= 0.3 is 5.97 Å². The van der Waals surface area contributed by atoms with Gasteiger partial charge in [0.15, 0.2) is 11.6 Å². The first kappa shape index (κ1) is 12.7. The number of carboxylic acid groups (broad SMARTS) is 1. The van der Waals surface area contributed by atoms with Crippen molar-refractivity contribution in [2.45, 2.75) is 6.92 Å². The molecule has 0 atom stereocenters. The van der Waals surface area contributed by atoms with E-state index in [-0.39, 0.29) is 27.1 Å². The lowest BCUT2D eigenvalue weighted by Gasteiger charge is -2.04. The predicted molar refractivity (Wildman–Crippen MR) is 61.3 cm³/mol. The number of halogens is 3. The molecule has 0 unspecified atom stereocenters. The Kier molecular flexibility index (Phi) is 3.16. The van der Waals surface area contributed by atoms with Crippen LogP contribution in [-0.2, 0) is 0 Å². The van der Waals surface area contributed by atoms with Crippen LogP contribution in [0.2, 0.25) is 0 Å². The highest BCUT2D eigenvalue weighted by Gasteiger charge is 2.26. The molecule has 1 N–H and O–H groups in total. The van der Waals surface area contributed by atoms with Crippen LogP contribution in [0.15, 0.2) is 21.1 Å². The van der Waals surface area contributed by atoms with Crippen LogP contribution in [0.3, 0.4) is 0 Å². The summed E-state index contributed by atoms with van der Waals surface area (Å²) in [6.45, 7) is 1.38. The molecule has 0 aliphatic carbocycles. The number of aryl methyl sites for hydroxylation is 1. The SMILES string of the molecule is Cc1onc(-c2c(Br)ccc(F)c2F)c1C(=O)O. The summed E-state index contributed by atoms with van der Waals surface area (Å²) in [6.07, 6.45) is 0. The molecule has 2 aromatic rings. The molecule has 0 bridgehead atoms. The van der Waals surface area contributed by atoms with Crippen LogP contribution in [0.5, 0.6) is 0 Å². The van der Waals surface area contributed by atoms with Crippen molar-refractivity contribution < 1.29 is 23.2 Å². The summed E-state index contributed by atoms with van der Waals surface area (Å²) in [5, 5.41) is 12.5. The summed E-state index contributed by atoms with van der Waals surface area (Å²) < 4.78 is 31.8. The first-order valence-electron chi connectivity index (χ1n) is 4.77. The molecule has 94 valence electrons. The first-order chi connectivity index (χ1) is 8.43. The Morgan fingerprint density at radius 1 is 1.44 bits per heavy atom. The van der Waals surface area contributed by atoms with Gasteiger partial charge < -0.3 is 9.63 Å². The summed E-state index contributed by atoms with van der Waals surface area (Å²) in [5.74, 6) is -3.57. The minimum absolute atomic E-state index is 0.0214. The van der Waals surface area contributed by atoms with E-state index < -0.39 is 17.6 Å². The molecule has 0 aliphatic rings. The van der Waals surface area contributed by atoms with Gasteiger partial charge in [-0.1, -0.05) is 5.16 Å². The molecular weight excluding hydrogens is 312 g/mol. The maximum Gasteiger partial charge on any atom is 0.341 e. The van der Waals surface area contributed by atoms with E-state index >= 15 is 0 Å². The molecule has 0 saturated heterocycles. The number of hydrogen-bond donors (Lipinski definition) is 1. The van der Waals surface area contributed by atoms with Crippen molar-refractivity contribution >= 4 is 21.9 Å². The average molecular weight is 318 g/mol. The summed E-state index contributed by atoms with van der Waals surface area (Å²) >= 11 is 3.03. The van der Waals surface area contributed by atoms with E-state index in [0.717, 1.165) is 6.07 Å². The Bertz CT molecular complexity index is 639. The molecule has 4 nitrogen and oxygen atoms in total. The van der Waals surface area contributed by atoms with Gasteiger partial charge in [-0.15, -0.1) is 0 Å². The van der Waals surface area contributed by atoms with Crippen LogP contribution in [0.1, 0.15) is 16.1 Å². The highest BCUT2D eigenvalue weighted by atomic mass is 79.9. The van der Waals surface area contributed by atoms with E-state index in [1.807, 2.05) is 0 Å². The van der Waals surface area contributed by atoms with Gasteiger partial charge in [0.05, 0.1) is 5.56 Å². The van der Waals surface area contributed by atoms with Crippen LogP contribution < -0.4 is 0 Å². The second-order valence-electron chi connectivity index (χ2n) is 3.49. The molecule has 2 rings (SSSR count). The molecule has 7 heteroatoms. The van der Waals surface area contributed by atoms with Crippen LogP contribution in [0, 0.1) is 18.6 Å². The molecule has 1 aromatic carbocycles. The number of aromatic carboxylic acids is 1. The second-order valence-corrected chi connectivity index (χ2v) is 4.34. The summed E-state index contributed by atoms with van der Waals surface area (Å²) in [7, 11) is 0. The third kappa shape index (κ3) is 1.90. The van der Waals surface area contributed by atoms with Crippen molar-refractivity contribution in [1.82, 2.24) is 5.16 Å². The molecule has 18 heavy (non-hydrogen) atoms. The molecule has 0 radical (unpaired) electrons. The topological polar surface area (TPSA) is 63.3 Å². The fraction of sp³-hybridized carbons (Fsp3) is 0.0909. The number of nitrogens with zero attached hydrogens (tertiary/aromatic N) is 1. The van der Waals surface area contributed by atoms with E-state index in [4.69, 9.17) is 9.63 Å². The zero-order valence-electron chi connectivity index (χ0n) is 9.00. The van der Waals surface area contributed by atoms with Gasteiger partial charge in [0.2, 0.25) is 0 Å². The van der Waals surface area contributed by atoms with Crippen LogP contribution in [0.25, 0.3) is 11.3 Å². The van der Waals surface area contributed by atoms with Gasteiger partial charge in [0.1, 0.15) is 17.0 Å². The lowest BCUT2D eigenvalue weighted by atomic mass is 10.1. The van der Waals surface area contributed by atoms with Crippen LogP contribution >= 0.6 is 15.9 Å². The highest BCUT2D eigenvalue weighted by molar-refractivity contribution is 9.10. The number of aromatic nitrogens is 1. The minimum atomic E-state index is -1.32. The van der Waals surface area contributed by atoms with Gasteiger partial charge in [0.25, 0.3) is 0 Å². The van der Waals surface area contributed by atoms with Crippen molar-refractivity contribution in [1.29, 1.82) is 0 Å². The van der Waals surface area contributed by atoms with Crippen molar-refractivity contribution in [3.05, 3.63) is 39.6 Å². The van der Waals surface area contributed by atoms with Gasteiger partial charge in [-0.3, -0.25) is 0 Å². The summed E-state index contributed by atoms with van der Waals surface area (Å²) in [4.78, 5) is 11.1. The standard InChI is InChI=1S/C11H6BrF2NO3/c1-4-7(11(16)17)10(15-18-4)8-5(12)2-3-6(13)9(8)14/h2-3H,1H3,(H,16,17). The van der Waals surface area contributed by atoms with Crippen molar-refractivity contribution in [3.8, 4) is 11.3 Å². The number of carbonyl (C=O) groups is 1. The zero-order chi connectivity index (χ0) is 13.4. The summed E-state index contributed by atoms with van der Waals surface area (Å²) in [6, 6.07) is 2.19. The second kappa shape index (κ2) is 4.49. The normalized spacial score (nSPS) is 10.7. The Balaban J connectivity index is 2.78. The highest BCUT2D eigenvalue weighted by Crippen LogP contribution is 2.34. The van der Waals surface area contributed by atoms with E-state index in [9.17, 15) is 13.6 Å². The fourth-order valence-electron chi connectivity index (χ4n) is 1.54. The van der Waals surface area contributed by atoms with E-state index in [0.29, 0.717) is 0 Å². The Morgan fingerprint density at radius 2 is 2.11 bits per heavy atom. The van der Waals surface area contributed by atoms with Crippen molar-refractivity contribution in [2.24, 2.45) is 0 Å². The lowest BCUT2D eigenvalue weighted by molar-refractivity contribution is 0.0695. The maximum atomic E-state index is 13.7. The third-order valence-corrected chi connectivity index (χ3v) is 3.02. The molecular formula is C11H6BrF2NO3. The molecule has 1 aromatic heterocycles. The molecule has 0 amide bonds. The van der Waals surface area contributed by atoms with Crippen molar-refractivity contribution in [2.75, 3.05) is 0 Å². The van der Waals surface area contributed by atoms with Gasteiger partial charge in [-0.25, -0.2) is 13.6 Å². The van der Waals surface area contributed by atoms with E-state index in [1.165, 1.54) is 13.0 Å². The molecule has 0 spiro atoms. The van der Waals surface area contributed by atoms with Gasteiger partial charge in [-0.2, -0.15) is 0 Å². The largest absolute Gasteiger partial charge is 0.477 e. The summed E-state index contributed by atoms with van der Waals surface area (Å²) in [5.41, 5.74) is -0.812. The zero-order valence-corrected chi connectivity index (χ0v) is 10.6. The number of benzene rings is 1. The molecule has 1 heterocycles. The van der Waals surface area contributed by atoms with E-state index in [1.54, 1.807) is 0 Å². The minimum Gasteiger partial charge on any atom is -0.477 e. The monoisotopic (exact) mass is 317 g/mol. The molecule has 0 fully saturated rings. The third-order valence-electron chi connectivity index (χ3n) is 2.36. The number of hydrogen-bond acceptors (Lipinski definition) is 3. The van der Waals surface area contributed by atoms with Gasteiger partial charge in [-0.05, 0) is 35.0 Å². The smallest absolute Gasteiger partial charge is 0.341 e. The van der Waals surface area contributed by atoms with E-state index in [2.05, 4.69) is 21.1 Å². The maximum absolute atomic E-state index is 13.7. The Labute approximate surface area is 108 Å². The Morgan fingerprint density at radius 3 is 2.72 bits per heavy atom. The first-order valence-corrected chi connectivity index (χ1v) is 5.56. The number of carboxylic acids is 1. The molecule has 0 saturated carbocycles.